The van der Waals surface area contributed by atoms with Crippen molar-refractivity contribution in [3.05, 3.63) is 17.5 Å². The topological polar surface area (TPSA) is 47.1 Å². The largest absolute Gasteiger partial charge is 0.329 e. The van der Waals surface area contributed by atoms with Crippen LogP contribution in [0, 0.1) is 6.92 Å². The number of nitrogens with zero attached hydrogens (tertiary/aromatic N) is 3. The zero-order valence-electron chi connectivity index (χ0n) is 10.7. The minimum atomic E-state index is 0.336. The van der Waals surface area contributed by atoms with Crippen LogP contribution < -0.4 is 5.73 Å². The number of hydrogen-bond donors (Lipinski definition) is 1. The van der Waals surface area contributed by atoms with Gasteiger partial charge in [-0.1, -0.05) is 0 Å². The Balaban J connectivity index is 2.16. The lowest BCUT2D eigenvalue weighted by Gasteiger charge is -2.29. The molecule has 2 heterocycles. The van der Waals surface area contributed by atoms with Gasteiger partial charge in [0.1, 0.15) is 0 Å². The molecule has 1 aromatic rings. The fraction of sp³-hybridized carbons (Fsp3) is 0.750. The maximum Gasteiger partial charge on any atom is 0.0641 e. The van der Waals surface area contributed by atoms with Gasteiger partial charge in [-0.05, 0) is 25.6 Å². The second-order valence-electron chi connectivity index (χ2n) is 4.60. The van der Waals surface area contributed by atoms with Gasteiger partial charge < -0.3 is 5.73 Å². The van der Waals surface area contributed by atoms with Gasteiger partial charge >= 0.3 is 0 Å². The van der Waals surface area contributed by atoms with Crippen molar-refractivity contribution in [2.24, 2.45) is 12.8 Å². The van der Waals surface area contributed by atoms with Crippen molar-refractivity contribution in [3.63, 3.8) is 0 Å². The zero-order chi connectivity index (χ0) is 12.3. The molecule has 1 atom stereocenters. The smallest absolute Gasteiger partial charge is 0.0641 e. The van der Waals surface area contributed by atoms with Gasteiger partial charge in [-0.15, -0.1) is 0 Å². The van der Waals surface area contributed by atoms with Crippen molar-refractivity contribution < 1.29 is 0 Å². The van der Waals surface area contributed by atoms with E-state index in [1.165, 1.54) is 23.5 Å². The maximum atomic E-state index is 5.98. The number of nitrogens with two attached hydrogens (primary N) is 1. The van der Waals surface area contributed by atoms with Crippen LogP contribution in [-0.2, 0) is 7.05 Å². The molecule has 1 aliphatic heterocycles. The molecule has 0 aliphatic carbocycles. The molecule has 0 radical (unpaired) electrons. The second-order valence-corrected chi connectivity index (χ2v) is 5.82. The Hall–Kier alpha value is -0.520. The molecule has 1 unspecified atom stereocenters. The lowest BCUT2D eigenvalue weighted by Crippen LogP contribution is -2.35. The summed E-state index contributed by atoms with van der Waals surface area (Å²) in [7, 11) is 1.97. The third-order valence-corrected chi connectivity index (χ3v) is 4.38. The van der Waals surface area contributed by atoms with Crippen molar-refractivity contribution in [1.82, 2.24) is 14.7 Å². The predicted molar refractivity (Wildman–Crippen MR) is 73.3 cm³/mol. The molecule has 1 aromatic heterocycles. The Morgan fingerprint density at radius 1 is 1.47 bits per heavy atom. The van der Waals surface area contributed by atoms with Gasteiger partial charge in [0.15, 0.2) is 0 Å². The van der Waals surface area contributed by atoms with E-state index in [0.29, 0.717) is 12.6 Å². The standard InChI is InChI=1S/C12H22N4S/c1-10-11(9-15(2)14-10)12(8-13)16-4-3-6-17-7-5-16/h9,12H,3-8,13H2,1-2H3. The summed E-state index contributed by atoms with van der Waals surface area (Å²) in [6.45, 7) is 5.05. The van der Waals surface area contributed by atoms with Crippen LogP contribution in [0.1, 0.15) is 23.7 Å². The zero-order valence-corrected chi connectivity index (χ0v) is 11.5. The number of hydrogen-bond acceptors (Lipinski definition) is 4. The van der Waals surface area contributed by atoms with Crippen molar-refractivity contribution in [3.8, 4) is 0 Å². The Morgan fingerprint density at radius 2 is 2.29 bits per heavy atom. The van der Waals surface area contributed by atoms with Gasteiger partial charge in [-0.3, -0.25) is 9.58 Å². The van der Waals surface area contributed by atoms with E-state index in [2.05, 4.69) is 23.1 Å². The first kappa shape index (κ1) is 12.9. The van der Waals surface area contributed by atoms with Crippen LogP contribution >= 0.6 is 11.8 Å². The summed E-state index contributed by atoms with van der Waals surface area (Å²) >= 11 is 2.05. The molecule has 0 aromatic carbocycles. The van der Waals surface area contributed by atoms with Gasteiger partial charge in [0.2, 0.25) is 0 Å². The lowest BCUT2D eigenvalue weighted by atomic mass is 10.1. The van der Waals surface area contributed by atoms with E-state index in [4.69, 9.17) is 5.73 Å². The van der Waals surface area contributed by atoms with Gasteiger partial charge in [-0.2, -0.15) is 16.9 Å². The highest BCUT2D eigenvalue weighted by Gasteiger charge is 2.23. The molecule has 17 heavy (non-hydrogen) atoms. The first-order valence-electron chi connectivity index (χ1n) is 6.24. The third kappa shape index (κ3) is 3.03. The Kier molecular flexibility index (Phi) is 4.48. The fourth-order valence-corrected chi connectivity index (χ4v) is 3.40. The van der Waals surface area contributed by atoms with Crippen molar-refractivity contribution >= 4 is 11.8 Å². The quantitative estimate of drug-likeness (QED) is 0.879. The summed E-state index contributed by atoms with van der Waals surface area (Å²) in [5.74, 6) is 2.50. The highest BCUT2D eigenvalue weighted by Crippen LogP contribution is 2.24. The van der Waals surface area contributed by atoms with Gasteiger partial charge in [0.05, 0.1) is 11.7 Å². The fourth-order valence-electron chi connectivity index (χ4n) is 2.49. The predicted octanol–water partition coefficient (Wildman–Crippen LogP) is 1.17. The molecular formula is C12H22N4S. The van der Waals surface area contributed by atoms with Gasteiger partial charge in [-0.25, -0.2) is 0 Å². The summed E-state index contributed by atoms with van der Waals surface area (Å²) in [6, 6.07) is 0.336. The molecule has 2 N–H and O–H groups in total. The van der Waals surface area contributed by atoms with E-state index in [1.54, 1.807) is 0 Å². The summed E-state index contributed by atoms with van der Waals surface area (Å²) in [5.41, 5.74) is 8.38. The molecular weight excluding hydrogens is 232 g/mol. The van der Waals surface area contributed by atoms with Crippen LogP contribution in [0.4, 0.5) is 0 Å². The van der Waals surface area contributed by atoms with E-state index >= 15 is 0 Å². The minimum absolute atomic E-state index is 0.336. The highest BCUT2D eigenvalue weighted by atomic mass is 32.2. The molecule has 2 rings (SSSR count). The summed E-state index contributed by atoms with van der Waals surface area (Å²) in [5, 5.41) is 4.43. The lowest BCUT2D eigenvalue weighted by molar-refractivity contribution is 0.217. The van der Waals surface area contributed by atoms with Crippen molar-refractivity contribution in [1.29, 1.82) is 0 Å². The summed E-state index contributed by atoms with van der Waals surface area (Å²) in [4.78, 5) is 2.52. The van der Waals surface area contributed by atoms with Crippen LogP contribution in [0.25, 0.3) is 0 Å². The molecule has 1 aliphatic rings. The number of aryl methyl sites for hydroxylation is 2. The molecule has 5 heteroatoms. The summed E-state index contributed by atoms with van der Waals surface area (Å²) < 4.78 is 1.89. The van der Waals surface area contributed by atoms with E-state index < -0.39 is 0 Å². The summed E-state index contributed by atoms with van der Waals surface area (Å²) in [6.07, 6.45) is 3.38. The second kappa shape index (κ2) is 5.89. The average Bonchev–Trinajstić information content (AvgIpc) is 2.55. The van der Waals surface area contributed by atoms with Crippen LogP contribution in [0.2, 0.25) is 0 Å². The molecule has 0 saturated carbocycles. The number of aromatic nitrogens is 2. The van der Waals surface area contributed by atoms with E-state index in [0.717, 1.165) is 18.8 Å². The van der Waals surface area contributed by atoms with Crippen LogP contribution in [0.5, 0.6) is 0 Å². The van der Waals surface area contributed by atoms with E-state index in [1.807, 2.05) is 23.5 Å². The average molecular weight is 254 g/mol. The minimum Gasteiger partial charge on any atom is -0.329 e. The number of thioether (sulfide) groups is 1. The monoisotopic (exact) mass is 254 g/mol. The molecule has 1 saturated heterocycles. The highest BCUT2D eigenvalue weighted by molar-refractivity contribution is 7.99. The molecule has 4 nitrogen and oxygen atoms in total. The Labute approximate surface area is 108 Å². The maximum absolute atomic E-state index is 5.98. The van der Waals surface area contributed by atoms with Crippen LogP contribution in [0.15, 0.2) is 6.20 Å². The Morgan fingerprint density at radius 3 is 2.94 bits per heavy atom. The SMILES string of the molecule is Cc1nn(C)cc1C(CN)N1CCCSCC1. The van der Waals surface area contributed by atoms with Crippen LogP contribution in [0.3, 0.4) is 0 Å². The van der Waals surface area contributed by atoms with Gasteiger partial charge in [0.25, 0.3) is 0 Å². The van der Waals surface area contributed by atoms with Gasteiger partial charge in [0, 0.05) is 37.7 Å². The third-order valence-electron chi connectivity index (χ3n) is 3.33. The molecule has 0 spiro atoms. The number of rotatable bonds is 3. The van der Waals surface area contributed by atoms with E-state index in [9.17, 15) is 0 Å². The van der Waals surface area contributed by atoms with Crippen LogP contribution in [-0.4, -0.2) is 45.8 Å². The van der Waals surface area contributed by atoms with E-state index in [-0.39, 0.29) is 0 Å². The first-order valence-corrected chi connectivity index (χ1v) is 7.40. The molecule has 0 amide bonds. The Bertz CT molecular complexity index is 355. The first-order chi connectivity index (χ1) is 8.22. The molecule has 0 bridgehead atoms. The molecule has 96 valence electrons. The van der Waals surface area contributed by atoms with Crippen molar-refractivity contribution in [2.75, 3.05) is 31.1 Å². The molecule has 1 fully saturated rings. The van der Waals surface area contributed by atoms with Crippen molar-refractivity contribution in [2.45, 2.75) is 19.4 Å². The normalized spacial score (nSPS) is 20.2.